The van der Waals surface area contributed by atoms with Gasteiger partial charge in [0.25, 0.3) is 5.91 Å². The number of hydrogen-bond acceptors (Lipinski definition) is 7. The lowest BCUT2D eigenvalue weighted by Gasteiger charge is -2.13. The van der Waals surface area contributed by atoms with Gasteiger partial charge in [0.05, 0.1) is 27.0 Å². The number of nitrogens with zero attached hydrogens (tertiary/aromatic N) is 2. The Labute approximate surface area is 193 Å². The van der Waals surface area contributed by atoms with E-state index >= 15 is 0 Å². The number of amides is 1. The molecular formula is C25H29N3O5. The molecule has 174 valence electrons. The Morgan fingerprint density at radius 2 is 1.82 bits per heavy atom. The predicted octanol–water partition coefficient (Wildman–Crippen LogP) is 3.95. The van der Waals surface area contributed by atoms with E-state index in [2.05, 4.69) is 15.3 Å². The number of aryl methyl sites for hydroxylation is 2. The number of aromatic nitrogens is 2. The van der Waals surface area contributed by atoms with Gasteiger partial charge in [-0.25, -0.2) is 4.98 Å². The van der Waals surface area contributed by atoms with Crippen LogP contribution in [-0.4, -0.2) is 50.4 Å². The zero-order chi connectivity index (χ0) is 23.5. The highest BCUT2D eigenvalue weighted by atomic mass is 16.5. The molecule has 0 atom stereocenters. The average Bonchev–Trinajstić information content (AvgIpc) is 2.85. The molecule has 8 heteroatoms. The summed E-state index contributed by atoms with van der Waals surface area (Å²) in [6.45, 7) is 1.10. The van der Waals surface area contributed by atoms with Crippen LogP contribution in [-0.2, 0) is 17.6 Å². The van der Waals surface area contributed by atoms with Crippen LogP contribution in [0.25, 0.3) is 0 Å². The average molecular weight is 452 g/mol. The molecular weight excluding hydrogens is 422 g/mol. The summed E-state index contributed by atoms with van der Waals surface area (Å²) in [6.07, 6.45) is 6.76. The van der Waals surface area contributed by atoms with Gasteiger partial charge in [0.15, 0.2) is 5.82 Å². The van der Waals surface area contributed by atoms with E-state index in [1.807, 2.05) is 30.3 Å². The van der Waals surface area contributed by atoms with E-state index in [1.54, 1.807) is 33.6 Å². The van der Waals surface area contributed by atoms with Crippen LogP contribution in [0.1, 0.15) is 27.9 Å². The van der Waals surface area contributed by atoms with Crippen molar-refractivity contribution in [3.05, 3.63) is 71.7 Å². The van der Waals surface area contributed by atoms with Gasteiger partial charge in [-0.1, -0.05) is 6.07 Å². The largest absolute Gasteiger partial charge is 0.497 e. The Kier molecular flexibility index (Phi) is 9.02. The molecule has 1 heterocycles. The molecule has 3 rings (SSSR count). The fraction of sp³-hybridized carbons (Fsp3) is 0.320. The molecule has 0 radical (unpaired) electrons. The number of hydrogen-bond donors (Lipinski definition) is 1. The van der Waals surface area contributed by atoms with Crippen molar-refractivity contribution < 1.29 is 23.7 Å². The summed E-state index contributed by atoms with van der Waals surface area (Å²) in [6, 6.07) is 11.3. The standard InChI is InChI=1S/C25H29N3O5/c1-30-11-4-12-33-22-14-18(5-6-19-7-8-21(31-2)16-23(19)32-3)13-20(15-22)25(29)28-24-17-26-9-10-27-24/h7-10,13-17H,4-6,11-12H2,1-3H3,(H,27,28,29). The SMILES string of the molecule is COCCCOc1cc(CCc2ccc(OC)cc2OC)cc(C(=O)Nc2cnccn2)c1. The maximum absolute atomic E-state index is 12.9. The highest BCUT2D eigenvalue weighted by Crippen LogP contribution is 2.27. The Balaban J connectivity index is 1.78. The molecule has 1 amide bonds. The third-order valence-electron chi connectivity index (χ3n) is 4.97. The topological polar surface area (TPSA) is 91.8 Å². The van der Waals surface area contributed by atoms with Gasteiger partial charge in [0.1, 0.15) is 17.2 Å². The second-order valence-electron chi connectivity index (χ2n) is 7.28. The fourth-order valence-electron chi connectivity index (χ4n) is 3.30. The molecule has 1 aromatic heterocycles. The summed E-state index contributed by atoms with van der Waals surface area (Å²) in [5.74, 6) is 2.25. The number of benzene rings is 2. The summed E-state index contributed by atoms with van der Waals surface area (Å²) in [5.41, 5.74) is 2.51. The van der Waals surface area contributed by atoms with Crippen molar-refractivity contribution in [3.8, 4) is 17.2 Å². The van der Waals surface area contributed by atoms with Crippen LogP contribution in [0, 0.1) is 0 Å². The van der Waals surface area contributed by atoms with Gasteiger partial charge < -0.3 is 24.3 Å². The summed E-state index contributed by atoms with van der Waals surface area (Å²) >= 11 is 0. The van der Waals surface area contributed by atoms with E-state index in [4.69, 9.17) is 18.9 Å². The minimum Gasteiger partial charge on any atom is -0.497 e. The number of methoxy groups -OCH3 is 3. The first-order valence-corrected chi connectivity index (χ1v) is 10.7. The summed E-state index contributed by atoms with van der Waals surface area (Å²) < 4.78 is 21.8. The van der Waals surface area contributed by atoms with Gasteiger partial charge >= 0.3 is 0 Å². The van der Waals surface area contributed by atoms with Crippen molar-refractivity contribution >= 4 is 11.7 Å². The minimum atomic E-state index is -0.277. The first kappa shape index (κ1) is 24.0. The molecule has 0 saturated heterocycles. The lowest BCUT2D eigenvalue weighted by Crippen LogP contribution is -2.14. The van der Waals surface area contributed by atoms with Crippen LogP contribution in [0.3, 0.4) is 0 Å². The molecule has 0 spiro atoms. The van der Waals surface area contributed by atoms with E-state index < -0.39 is 0 Å². The van der Waals surface area contributed by atoms with Crippen molar-refractivity contribution in [2.75, 3.05) is 39.9 Å². The van der Waals surface area contributed by atoms with E-state index in [-0.39, 0.29) is 5.91 Å². The summed E-state index contributed by atoms with van der Waals surface area (Å²) in [7, 11) is 4.92. The molecule has 33 heavy (non-hydrogen) atoms. The van der Waals surface area contributed by atoms with Crippen LogP contribution in [0.15, 0.2) is 55.0 Å². The molecule has 0 unspecified atom stereocenters. The maximum atomic E-state index is 12.9. The molecule has 0 bridgehead atoms. The Morgan fingerprint density at radius 1 is 0.939 bits per heavy atom. The van der Waals surface area contributed by atoms with Crippen molar-refractivity contribution in [2.24, 2.45) is 0 Å². The van der Waals surface area contributed by atoms with Crippen LogP contribution in [0.4, 0.5) is 5.82 Å². The molecule has 1 N–H and O–H groups in total. The van der Waals surface area contributed by atoms with Crippen molar-refractivity contribution in [2.45, 2.75) is 19.3 Å². The molecule has 2 aromatic carbocycles. The molecule has 8 nitrogen and oxygen atoms in total. The monoisotopic (exact) mass is 451 g/mol. The lowest BCUT2D eigenvalue weighted by molar-refractivity contribution is 0.102. The zero-order valence-electron chi connectivity index (χ0n) is 19.2. The molecule has 0 saturated carbocycles. The van der Waals surface area contributed by atoms with Crippen molar-refractivity contribution in [3.63, 3.8) is 0 Å². The number of anilines is 1. The third kappa shape index (κ3) is 7.18. The van der Waals surface area contributed by atoms with Gasteiger partial charge in [-0.15, -0.1) is 0 Å². The second-order valence-corrected chi connectivity index (χ2v) is 7.28. The van der Waals surface area contributed by atoms with Gasteiger partial charge in [-0.3, -0.25) is 9.78 Å². The summed E-state index contributed by atoms with van der Waals surface area (Å²) in [5, 5.41) is 2.77. The Bertz CT molecular complexity index is 1040. The predicted molar refractivity (Wildman–Crippen MR) is 125 cm³/mol. The van der Waals surface area contributed by atoms with Crippen LogP contribution in [0.2, 0.25) is 0 Å². The molecule has 0 aliphatic rings. The number of ether oxygens (including phenoxy) is 4. The van der Waals surface area contributed by atoms with Crippen molar-refractivity contribution in [1.29, 1.82) is 0 Å². The molecule has 0 aliphatic heterocycles. The van der Waals surface area contributed by atoms with Gasteiger partial charge in [-0.05, 0) is 48.2 Å². The second kappa shape index (κ2) is 12.4. The quantitative estimate of drug-likeness (QED) is 0.417. The maximum Gasteiger partial charge on any atom is 0.257 e. The summed E-state index contributed by atoms with van der Waals surface area (Å²) in [4.78, 5) is 20.9. The number of carbonyl (C=O) groups excluding carboxylic acids is 1. The molecule has 3 aromatic rings. The van der Waals surface area contributed by atoms with E-state index in [1.165, 1.54) is 12.4 Å². The van der Waals surface area contributed by atoms with Crippen LogP contribution >= 0.6 is 0 Å². The third-order valence-corrected chi connectivity index (χ3v) is 4.97. The van der Waals surface area contributed by atoms with Gasteiger partial charge in [-0.2, -0.15) is 0 Å². The highest BCUT2D eigenvalue weighted by Gasteiger charge is 2.12. The van der Waals surface area contributed by atoms with E-state index in [9.17, 15) is 4.79 Å². The first-order chi connectivity index (χ1) is 16.1. The Hall–Kier alpha value is -3.65. The first-order valence-electron chi connectivity index (χ1n) is 10.7. The lowest BCUT2D eigenvalue weighted by atomic mass is 10.0. The zero-order valence-corrected chi connectivity index (χ0v) is 19.2. The molecule has 0 fully saturated rings. The fourth-order valence-corrected chi connectivity index (χ4v) is 3.30. The highest BCUT2D eigenvalue weighted by molar-refractivity contribution is 6.04. The number of rotatable bonds is 12. The minimum absolute atomic E-state index is 0.277. The van der Waals surface area contributed by atoms with Gasteiger partial charge in [0, 0.05) is 44.2 Å². The van der Waals surface area contributed by atoms with E-state index in [0.717, 1.165) is 35.5 Å². The van der Waals surface area contributed by atoms with Crippen molar-refractivity contribution in [1.82, 2.24) is 9.97 Å². The number of nitrogens with one attached hydrogen (secondary N) is 1. The molecule has 0 aliphatic carbocycles. The smallest absolute Gasteiger partial charge is 0.257 e. The van der Waals surface area contributed by atoms with Crippen LogP contribution < -0.4 is 19.5 Å². The normalized spacial score (nSPS) is 10.5. The van der Waals surface area contributed by atoms with Gasteiger partial charge in [0.2, 0.25) is 0 Å². The van der Waals surface area contributed by atoms with E-state index in [0.29, 0.717) is 36.8 Å². The number of carbonyl (C=O) groups is 1. The van der Waals surface area contributed by atoms with Crippen LogP contribution in [0.5, 0.6) is 17.2 Å². The Morgan fingerprint density at radius 3 is 2.55 bits per heavy atom.